The van der Waals surface area contributed by atoms with Crippen LogP contribution in [0.4, 0.5) is 0 Å². The van der Waals surface area contributed by atoms with E-state index in [1.165, 1.54) is 35.2 Å². The van der Waals surface area contributed by atoms with Crippen LogP contribution in [0.5, 0.6) is 0 Å². The van der Waals surface area contributed by atoms with Crippen LogP contribution in [0.25, 0.3) is 0 Å². The second-order valence-corrected chi connectivity index (χ2v) is 7.58. The van der Waals surface area contributed by atoms with Gasteiger partial charge in [0.1, 0.15) is 0 Å². The van der Waals surface area contributed by atoms with Crippen LogP contribution in [0.15, 0.2) is 42.5 Å². The third-order valence-electron chi connectivity index (χ3n) is 5.53. The number of aryl methyl sites for hydroxylation is 2. The SMILES string of the molecule is CNC(=O)C1CCc2ccccc2C1.Cc1ccc2c(c1)CCN(C)C2. The molecule has 1 aliphatic heterocycles. The Morgan fingerprint density at radius 2 is 1.81 bits per heavy atom. The van der Waals surface area contributed by atoms with Crippen LogP contribution in [-0.4, -0.2) is 31.4 Å². The van der Waals surface area contributed by atoms with Crippen molar-refractivity contribution in [2.75, 3.05) is 20.6 Å². The number of nitrogens with one attached hydrogen (secondary N) is 1. The van der Waals surface area contributed by atoms with E-state index in [2.05, 4.69) is 60.6 Å². The minimum Gasteiger partial charge on any atom is -0.359 e. The Labute approximate surface area is 157 Å². The summed E-state index contributed by atoms with van der Waals surface area (Å²) < 4.78 is 0. The zero-order valence-electron chi connectivity index (χ0n) is 16.2. The summed E-state index contributed by atoms with van der Waals surface area (Å²) in [5.41, 5.74) is 7.20. The van der Waals surface area contributed by atoms with Crippen LogP contribution in [-0.2, 0) is 30.6 Å². The molecule has 0 saturated heterocycles. The van der Waals surface area contributed by atoms with Crippen LogP contribution < -0.4 is 5.32 Å². The normalized spacial score (nSPS) is 18.8. The van der Waals surface area contributed by atoms with Gasteiger partial charge < -0.3 is 10.2 Å². The molecule has 1 heterocycles. The molecule has 0 aromatic heterocycles. The van der Waals surface area contributed by atoms with Gasteiger partial charge in [0.05, 0.1) is 0 Å². The van der Waals surface area contributed by atoms with Crippen molar-refractivity contribution < 1.29 is 4.79 Å². The molecule has 138 valence electrons. The number of benzene rings is 2. The molecule has 0 bridgehead atoms. The fourth-order valence-electron chi connectivity index (χ4n) is 3.95. The molecule has 2 aliphatic rings. The second kappa shape index (κ2) is 8.50. The van der Waals surface area contributed by atoms with Gasteiger partial charge in [-0.05, 0) is 61.9 Å². The minimum absolute atomic E-state index is 0.176. The molecular formula is C23H30N2O. The summed E-state index contributed by atoms with van der Waals surface area (Å²) in [7, 11) is 3.89. The molecule has 2 aromatic rings. The Balaban J connectivity index is 0.000000152. The van der Waals surface area contributed by atoms with E-state index >= 15 is 0 Å². The predicted octanol–water partition coefficient (Wildman–Crippen LogP) is 3.52. The van der Waals surface area contributed by atoms with E-state index < -0.39 is 0 Å². The van der Waals surface area contributed by atoms with Gasteiger partial charge in [0, 0.05) is 26.1 Å². The van der Waals surface area contributed by atoms with Crippen molar-refractivity contribution in [3.63, 3.8) is 0 Å². The number of fused-ring (bicyclic) bond motifs is 2. The number of rotatable bonds is 1. The van der Waals surface area contributed by atoms with Crippen LogP contribution in [0, 0.1) is 12.8 Å². The first kappa shape index (κ1) is 18.7. The molecule has 4 rings (SSSR count). The van der Waals surface area contributed by atoms with Crippen molar-refractivity contribution in [3.05, 3.63) is 70.3 Å². The lowest BCUT2D eigenvalue weighted by molar-refractivity contribution is -0.124. The summed E-state index contributed by atoms with van der Waals surface area (Å²) in [6.07, 6.45) is 4.13. The second-order valence-electron chi connectivity index (χ2n) is 7.58. The molecule has 0 fully saturated rings. The van der Waals surface area contributed by atoms with Crippen LogP contribution in [0.3, 0.4) is 0 Å². The molecule has 1 aliphatic carbocycles. The van der Waals surface area contributed by atoms with E-state index in [1.807, 2.05) is 6.07 Å². The zero-order valence-corrected chi connectivity index (χ0v) is 16.2. The van der Waals surface area contributed by atoms with Crippen molar-refractivity contribution in [1.82, 2.24) is 10.2 Å². The molecule has 26 heavy (non-hydrogen) atoms. The van der Waals surface area contributed by atoms with E-state index in [9.17, 15) is 4.79 Å². The smallest absolute Gasteiger partial charge is 0.223 e. The molecular weight excluding hydrogens is 320 g/mol. The molecule has 0 spiro atoms. The van der Waals surface area contributed by atoms with Crippen LogP contribution >= 0.6 is 0 Å². The van der Waals surface area contributed by atoms with E-state index in [0.29, 0.717) is 0 Å². The van der Waals surface area contributed by atoms with Gasteiger partial charge in [-0.2, -0.15) is 0 Å². The summed E-state index contributed by atoms with van der Waals surface area (Å²) >= 11 is 0. The van der Waals surface area contributed by atoms with Crippen LogP contribution in [0.2, 0.25) is 0 Å². The Hall–Kier alpha value is -2.13. The largest absolute Gasteiger partial charge is 0.359 e. The number of amides is 1. The molecule has 2 aromatic carbocycles. The van der Waals surface area contributed by atoms with Crippen molar-refractivity contribution >= 4 is 5.91 Å². The van der Waals surface area contributed by atoms with Gasteiger partial charge in [-0.15, -0.1) is 0 Å². The highest BCUT2D eigenvalue weighted by atomic mass is 16.1. The van der Waals surface area contributed by atoms with Crippen LogP contribution in [0.1, 0.15) is 34.2 Å². The van der Waals surface area contributed by atoms with Gasteiger partial charge in [-0.1, -0.05) is 48.0 Å². The highest BCUT2D eigenvalue weighted by Gasteiger charge is 2.23. The highest BCUT2D eigenvalue weighted by molar-refractivity contribution is 5.79. The molecule has 1 amide bonds. The maximum Gasteiger partial charge on any atom is 0.223 e. The molecule has 1 unspecified atom stereocenters. The highest BCUT2D eigenvalue weighted by Crippen LogP contribution is 2.25. The zero-order chi connectivity index (χ0) is 18.5. The molecule has 3 nitrogen and oxygen atoms in total. The standard InChI is InChI=1S/C12H15NO.C11H15N/c1-13-12(14)11-7-6-9-4-2-3-5-10(9)8-11;1-9-3-4-11-8-12(2)6-5-10(11)7-9/h2-5,11H,6-8H2,1H3,(H,13,14);3-4,7H,5-6,8H2,1-2H3. The Morgan fingerprint density at radius 1 is 1.04 bits per heavy atom. The topological polar surface area (TPSA) is 32.3 Å². The van der Waals surface area contributed by atoms with Gasteiger partial charge in [0.2, 0.25) is 5.91 Å². The van der Waals surface area contributed by atoms with Gasteiger partial charge in [0.25, 0.3) is 0 Å². The number of carbonyl (C=O) groups excluding carboxylic acids is 1. The Bertz CT molecular complexity index is 769. The Morgan fingerprint density at radius 3 is 2.58 bits per heavy atom. The monoisotopic (exact) mass is 350 g/mol. The van der Waals surface area contributed by atoms with E-state index in [4.69, 9.17) is 0 Å². The maximum absolute atomic E-state index is 11.5. The number of carbonyl (C=O) groups is 1. The Kier molecular flexibility index (Phi) is 6.10. The van der Waals surface area contributed by atoms with Gasteiger partial charge in [-0.3, -0.25) is 4.79 Å². The van der Waals surface area contributed by atoms with Crippen molar-refractivity contribution in [1.29, 1.82) is 0 Å². The van der Waals surface area contributed by atoms with Gasteiger partial charge in [0.15, 0.2) is 0 Å². The van der Waals surface area contributed by atoms with E-state index in [-0.39, 0.29) is 11.8 Å². The van der Waals surface area contributed by atoms with Crippen molar-refractivity contribution in [3.8, 4) is 0 Å². The average molecular weight is 351 g/mol. The molecule has 1 N–H and O–H groups in total. The van der Waals surface area contributed by atoms with Crippen molar-refractivity contribution in [2.45, 2.75) is 39.2 Å². The summed E-state index contributed by atoms with van der Waals surface area (Å²) in [5.74, 6) is 0.356. The molecule has 0 saturated carbocycles. The first-order chi connectivity index (χ1) is 12.6. The predicted molar refractivity (Wildman–Crippen MR) is 107 cm³/mol. The third-order valence-corrected chi connectivity index (χ3v) is 5.53. The number of nitrogens with zero attached hydrogens (tertiary/aromatic N) is 1. The lowest BCUT2D eigenvalue weighted by Crippen LogP contribution is -2.31. The maximum atomic E-state index is 11.5. The quantitative estimate of drug-likeness (QED) is 0.853. The van der Waals surface area contributed by atoms with E-state index in [1.54, 1.807) is 12.6 Å². The number of hydrogen-bond donors (Lipinski definition) is 1. The summed E-state index contributed by atoms with van der Waals surface area (Å²) in [6, 6.07) is 15.2. The minimum atomic E-state index is 0.176. The average Bonchev–Trinajstić information content (AvgIpc) is 2.67. The number of likely N-dealkylation sites (N-methyl/N-ethyl adjacent to an activating group) is 1. The molecule has 0 radical (unpaired) electrons. The van der Waals surface area contributed by atoms with Crippen molar-refractivity contribution in [2.24, 2.45) is 5.92 Å². The number of hydrogen-bond acceptors (Lipinski definition) is 2. The summed E-state index contributed by atoms with van der Waals surface area (Å²) in [6.45, 7) is 4.49. The summed E-state index contributed by atoms with van der Waals surface area (Å²) in [4.78, 5) is 13.8. The van der Waals surface area contributed by atoms with E-state index in [0.717, 1.165) is 25.8 Å². The molecule has 1 atom stereocenters. The molecule has 3 heteroatoms. The first-order valence-electron chi connectivity index (χ1n) is 9.62. The van der Waals surface area contributed by atoms with Gasteiger partial charge in [-0.25, -0.2) is 0 Å². The third kappa shape index (κ3) is 4.53. The summed E-state index contributed by atoms with van der Waals surface area (Å²) in [5, 5.41) is 2.73. The lowest BCUT2D eigenvalue weighted by atomic mass is 9.83. The fourth-order valence-corrected chi connectivity index (χ4v) is 3.95. The fraction of sp³-hybridized carbons (Fsp3) is 0.435. The lowest BCUT2D eigenvalue weighted by Gasteiger charge is -2.24. The first-order valence-corrected chi connectivity index (χ1v) is 9.62. The van der Waals surface area contributed by atoms with Gasteiger partial charge >= 0.3 is 0 Å².